The SMILES string of the molecule is Oc1c(I)cc(CN2CCOCC2)c2cccnc12. The maximum Gasteiger partial charge on any atom is 0.155 e. The lowest BCUT2D eigenvalue weighted by molar-refractivity contribution is 0.0343. The normalized spacial score (nSPS) is 16.9. The maximum absolute atomic E-state index is 10.1. The number of aromatic nitrogens is 1. The smallest absolute Gasteiger partial charge is 0.155 e. The van der Waals surface area contributed by atoms with E-state index >= 15 is 0 Å². The van der Waals surface area contributed by atoms with Gasteiger partial charge in [-0.2, -0.15) is 0 Å². The molecule has 0 spiro atoms. The van der Waals surface area contributed by atoms with Crippen molar-refractivity contribution in [1.29, 1.82) is 0 Å². The first kappa shape index (κ1) is 13.1. The summed E-state index contributed by atoms with van der Waals surface area (Å²) in [5, 5.41) is 11.1. The Kier molecular flexibility index (Phi) is 3.86. The van der Waals surface area contributed by atoms with Gasteiger partial charge in [-0.1, -0.05) is 6.07 Å². The number of pyridine rings is 1. The Labute approximate surface area is 125 Å². The van der Waals surface area contributed by atoms with Crippen LogP contribution < -0.4 is 0 Å². The summed E-state index contributed by atoms with van der Waals surface area (Å²) in [4.78, 5) is 6.67. The molecule has 5 heteroatoms. The molecule has 3 rings (SSSR count). The number of morpholine rings is 1. The number of halogens is 1. The summed E-state index contributed by atoms with van der Waals surface area (Å²) in [7, 11) is 0. The van der Waals surface area contributed by atoms with Crippen LogP contribution in [0.25, 0.3) is 10.9 Å². The number of benzene rings is 1. The highest BCUT2D eigenvalue weighted by Gasteiger charge is 2.15. The summed E-state index contributed by atoms with van der Waals surface area (Å²) in [5.74, 6) is 0.280. The van der Waals surface area contributed by atoms with E-state index < -0.39 is 0 Å². The second kappa shape index (κ2) is 5.60. The average Bonchev–Trinajstić information content (AvgIpc) is 2.46. The Balaban J connectivity index is 2.00. The number of fused-ring (bicyclic) bond motifs is 1. The van der Waals surface area contributed by atoms with Gasteiger partial charge in [-0.15, -0.1) is 0 Å². The van der Waals surface area contributed by atoms with Crippen LogP contribution in [0.5, 0.6) is 5.75 Å². The van der Waals surface area contributed by atoms with Gasteiger partial charge >= 0.3 is 0 Å². The summed E-state index contributed by atoms with van der Waals surface area (Å²) in [6.07, 6.45) is 1.72. The van der Waals surface area contributed by atoms with Crippen molar-refractivity contribution < 1.29 is 9.84 Å². The van der Waals surface area contributed by atoms with Crippen molar-refractivity contribution in [3.63, 3.8) is 0 Å². The van der Waals surface area contributed by atoms with Crippen molar-refractivity contribution in [1.82, 2.24) is 9.88 Å². The highest BCUT2D eigenvalue weighted by Crippen LogP contribution is 2.31. The molecule has 2 heterocycles. The number of rotatable bonds is 2. The van der Waals surface area contributed by atoms with Crippen molar-refractivity contribution in [3.05, 3.63) is 33.5 Å². The number of hydrogen-bond donors (Lipinski definition) is 1. The Morgan fingerprint density at radius 1 is 1.37 bits per heavy atom. The van der Waals surface area contributed by atoms with E-state index in [0.29, 0.717) is 5.52 Å². The standard InChI is InChI=1S/C14H15IN2O2/c15-12-8-10(9-17-4-6-19-7-5-17)11-2-1-3-16-13(11)14(12)18/h1-3,8,18H,4-7,9H2. The fourth-order valence-corrected chi connectivity index (χ4v) is 3.03. The summed E-state index contributed by atoms with van der Waals surface area (Å²) < 4.78 is 6.23. The summed E-state index contributed by atoms with van der Waals surface area (Å²) in [5.41, 5.74) is 1.91. The van der Waals surface area contributed by atoms with Crippen LogP contribution in [0.2, 0.25) is 0 Å². The molecule has 0 aliphatic carbocycles. The topological polar surface area (TPSA) is 45.6 Å². The molecule has 0 saturated carbocycles. The zero-order valence-corrected chi connectivity index (χ0v) is 12.6. The molecule has 0 bridgehead atoms. The van der Waals surface area contributed by atoms with Crippen LogP contribution in [-0.2, 0) is 11.3 Å². The summed E-state index contributed by atoms with van der Waals surface area (Å²) >= 11 is 2.16. The van der Waals surface area contributed by atoms with Crippen molar-refractivity contribution in [2.75, 3.05) is 26.3 Å². The highest BCUT2D eigenvalue weighted by molar-refractivity contribution is 14.1. The summed E-state index contributed by atoms with van der Waals surface area (Å²) in [6, 6.07) is 5.99. The van der Waals surface area contributed by atoms with E-state index in [1.165, 1.54) is 5.56 Å². The number of aromatic hydroxyl groups is 1. The lowest BCUT2D eigenvalue weighted by Gasteiger charge is -2.27. The van der Waals surface area contributed by atoms with Gasteiger partial charge in [-0.3, -0.25) is 9.88 Å². The summed E-state index contributed by atoms with van der Waals surface area (Å²) in [6.45, 7) is 4.39. The van der Waals surface area contributed by atoms with Crippen LogP contribution in [0.4, 0.5) is 0 Å². The molecule has 100 valence electrons. The van der Waals surface area contributed by atoms with Gasteiger partial charge in [-0.25, -0.2) is 0 Å². The first-order valence-electron chi connectivity index (χ1n) is 6.31. The monoisotopic (exact) mass is 370 g/mol. The molecule has 2 aromatic rings. The van der Waals surface area contributed by atoms with Crippen molar-refractivity contribution in [3.8, 4) is 5.75 Å². The Bertz CT molecular complexity index is 597. The predicted octanol–water partition coefficient (Wildman–Crippen LogP) is 2.38. The fourth-order valence-electron chi connectivity index (χ4n) is 2.40. The minimum Gasteiger partial charge on any atom is -0.505 e. The number of phenols is 1. The van der Waals surface area contributed by atoms with E-state index in [4.69, 9.17) is 4.74 Å². The van der Waals surface area contributed by atoms with Gasteiger partial charge < -0.3 is 9.84 Å². The largest absolute Gasteiger partial charge is 0.505 e. The second-order valence-electron chi connectivity index (χ2n) is 4.65. The van der Waals surface area contributed by atoms with Crippen LogP contribution >= 0.6 is 22.6 Å². The molecule has 1 aliphatic rings. The minimum absolute atomic E-state index is 0.280. The molecule has 1 aliphatic heterocycles. The Morgan fingerprint density at radius 2 is 2.16 bits per heavy atom. The molecule has 1 fully saturated rings. The molecule has 19 heavy (non-hydrogen) atoms. The third-order valence-corrected chi connectivity index (χ3v) is 4.23. The molecule has 1 saturated heterocycles. The van der Waals surface area contributed by atoms with Crippen molar-refractivity contribution in [2.24, 2.45) is 0 Å². The van der Waals surface area contributed by atoms with Crippen LogP contribution in [0.15, 0.2) is 24.4 Å². The van der Waals surface area contributed by atoms with Gasteiger partial charge in [0.25, 0.3) is 0 Å². The van der Waals surface area contributed by atoms with E-state index in [1.54, 1.807) is 6.20 Å². The number of ether oxygens (including phenoxy) is 1. The molecule has 0 radical (unpaired) electrons. The Morgan fingerprint density at radius 3 is 2.95 bits per heavy atom. The highest BCUT2D eigenvalue weighted by atomic mass is 127. The van der Waals surface area contributed by atoms with Gasteiger partial charge in [-0.05, 0) is 40.3 Å². The average molecular weight is 370 g/mol. The van der Waals surface area contributed by atoms with Crippen LogP contribution in [0.1, 0.15) is 5.56 Å². The lowest BCUT2D eigenvalue weighted by atomic mass is 10.1. The van der Waals surface area contributed by atoms with E-state index in [9.17, 15) is 5.11 Å². The molecule has 1 N–H and O–H groups in total. The van der Waals surface area contributed by atoms with Gasteiger partial charge in [0, 0.05) is 31.2 Å². The third kappa shape index (κ3) is 2.68. The van der Waals surface area contributed by atoms with E-state index in [1.807, 2.05) is 12.1 Å². The second-order valence-corrected chi connectivity index (χ2v) is 5.82. The molecule has 0 unspecified atom stereocenters. The van der Waals surface area contributed by atoms with Gasteiger partial charge in [0.05, 0.1) is 16.8 Å². The Hall–Kier alpha value is -0.920. The fraction of sp³-hybridized carbons (Fsp3) is 0.357. The molecule has 1 aromatic heterocycles. The van der Waals surface area contributed by atoms with Crippen LogP contribution in [-0.4, -0.2) is 41.3 Å². The maximum atomic E-state index is 10.1. The number of nitrogens with zero attached hydrogens (tertiary/aromatic N) is 2. The molecule has 0 amide bonds. The zero-order valence-electron chi connectivity index (χ0n) is 10.5. The minimum atomic E-state index is 0.280. The third-order valence-electron chi connectivity index (χ3n) is 3.40. The van der Waals surface area contributed by atoms with Crippen LogP contribution in [0, 0.1) is 3.57 Å². The van der Waals surface area contributed by atoms with Gasteiger partial charge in [0.15, 0.2) is 5.75 Å². The van der Waals surface area contributed by atoms with Gasteiger partial charge in [0.1, 0.15) is 5.52 Å². The first-order valence-corrected chi connectivity index (χ1v) is 7.39. The number of hydrogen-bond acceptors (Lipinski definition) is 4. The predicted molar refractivity (Wildman–Crippen MR) is 82.2 cm³/mol. The van der Waals surface area contributed by atoms with Crippen LogP contribution in [0.3, 0.4) is 0 Å². The molecular weight excluding hydrogens is 355 g/mol. The molecule has 1 aromatic carbocycles. The van der Waals surface area contributed by atoms with E-state index in [2.05, 4.69) is 38.5 Å². The quantitative estimate of drug-likeness (QED) is 0.825. The molecule has 0 atom stereocenters. The van der Waals surface area contributed by atoms with Gasteiger partial charge in [0.2, 0.25) is 0 Å². The number of phenolic OH excluding ortho intramolecular Hbond substituents is 1. The zero-order chi connectivity index (χ0) is 13.2. The lowest BCUT2D eigenvalue weighted by Crippen LogP contribution is -2.35. The van der Waals surface area contributed by atoms with Crippen molar-refractivity contribution in [2.45, 2.75) is 6.54 Å². The van der Waals surface area contributed by atoms with Crippen molar-refractivity contribution >= 4 is 33.5 Å². The molecule has 4 nitrogen and oxygen atoms in total. The molecular formula is C14H15IN2O2. The van der Waals surface area contributed by atoms with E-state index in [0.717, 1.165) is 41.8 Å². The van der Waals surface area contributed by atoms with E-state index in [-0.39, 0.29) is 5.75 Å². The first-order chi connectivity index (χ1) is 9.25.